The van der Waals surface area contributed by atoms with E-state index in [9.17, 15) is 14.4 Å². The van der Waals surface area contributed by atoms with E-state index in [-0.39, 0.29) is 24.2 Å². The fourth-order valence-corrected chi connectivity index (χ4v) is 2.79. The van der Waals surface area contributed by atoms with Gasteiger partial charge in [-0.15, -0.1) is 0 Å². The summed E-state index contributed by atoms with van der Waals surface area (Å²) < 4.78 is 0. The number of aliphatic carboxylic acids is 1. The Labute approximate surface area is 112 Å². The Bertz CT molecular complexity index is 395. The fraction of sp³-hybridized carbons (Fsp3) is 0.769. The monoisotopic (exact) mass is 268 g/mol. The SMILES string of the molecule is CNC(=O)C1(C(=O)N2CCC(CC(=O)O)CC2)CC1. The lowest BCUT2D eigenvalue weighted by molar-refractivity contribution is -0.145. The van der Waals surface area contributed by atoms with Crippen LogP contribution < -0.4 is 5.32 Å². The second-order valence-corrected chi connectivity index (χ2v) is 5.49. The van der Waals surface area contributed by atoms with E-state index in [0.29, 0.717) is 38.8 Å². The van der Waals surface area contributed by atoms with Gasteiger partial charge in [-0.2, -0.15) is 0 Å². The van der Waals surface area contributed by atoms with Crippen LogP contribution in [0.2, 0.25) is 0 Å². The zero-order valence-electron chi connectivity index (χ0n) is 11.1. The number of likely N-dealkylation sites (tertiary alicyclic amines) is 1. The van der Waals surface area contributed by atoms with Crippen LogP contribution in [0.5, 0.6) is 0 Å². The average Bonchev–Trinajstić information content (AvgIpc) is 3.18. The largest absolute Gasteiger partial charge is 0.481 e. The van der Waals surface area contributed by atoms with Crippen LogP contribution in [0, 0.1) is 11.3 Å². The van der Waals surface area contributed by atoms with Gasteiger partial charge in [0.05, 0.1) is 0 Å². The molecule has 2 aliphatic rings. The summed E-state index contributed by atoms with van der Waals surface area (Å²) >= 11 is 0. The van der Waals surface area contributed by atoms with Gasteiger partial charge in [0.2, 0.25) is 11.8 Å². The van der Waals surface area contributed by atoms with Crippen molar-refractivity contribution in [2.24, 2.45) is 11.3 Å². The van der Waals surface area contributed by atoms with Crippen LogP contribution >= 0.6 is 0 Å². The van der Waals surface area contributed by atoms with Crippen LogP contribution in [-0.2, 0) is 14.4 Å². The molecule has 0 spiro atoms. The molecule has 1 heterocycles. The van der Waals surface area contributed by atoms with Gasteiger partial charge >= 0.3 is 5.97 Å². The first-order chi connectivity index (χ1) is 8.99. The Hall–Kier alpha value is -1.59. The van der Waals surface area contributed by atoms with Gasteiger partial charge in [-0.3, -0.25) is 14.4 Å². The standard InChI is InChI=1S/C13H20N2O4/c1-14-11(18)13(4-5-13)12(19)15-6-2-9(3-7-15)8-10(16)17/h9H,2-8H2,1H3,(H,14,18)(H,16,17). The van der Waals surface area contributed by atoms with Crippen LogP contribution in [0.3, 0.4) is 0 Å². The minimum absolute atomic E-state index is 0.0828. The van der Waals surface area contributed by atoms with Crippen molar-refractivity contribution in [2.75, 3.05) is 20.1 Å². The molecule has 0 atom stereocenters. The Morgan fingerprint density at radius 2 is 1.84 bits per heavy atom. The minimum Gasteiger partial charge on any atom is -0.481 e. The van der Waals surface area contributed by atoms with Crippen molar-refractivity contribution >= 4 is 17.8 Å². The van der Waals surface area contributed by atoms with E-state index in [4.69, 9.17) is 5.11 Å². The molecule has 0 aromatic rings. The van der Waals surface area contributed by atoms with Gasteiger partial charge in [0, 0.05) is 26.6 Å². The third-order valence-electron chi connectivity index (χ3n) is 4.19. The summed E-state index contributed by atoms with van der Waals surface area (Å²) in [4.78, 5) is 36.5. The zero-order chi connectivity index (χ0) is 14.0. The highest BCUT2D eigenvalue weighted by molar-refractivity contribution is 6.07. The number of hydrogen-bond donors (Lipinski definition) is 2. The zero-order valence-corrected chi connectivity index (χ0v) is 11.1. The van der Waals surface area contributed by atoms with Gasteiger partial charge in [-0.05, 0) is 31.6 Å². The number of amides is 2. The van der Waals surface area contributed by atoms with Crippen molar-refractivity contribution in [1.82, 2.24) is 10.2 Å². The lowest BCUT2D eigenvalue weighted by atomic mass is 9.92. The van der Waals surface area contributed by atoms with Gasteiger partial charge in [0.1, 0.15) is 5.41 Å². The predicted octanol–water partition coefficient (Wildman–Crippen LogP) is 0.226. The maximum Gasteiger partial charge on any atom is 0.303 e. The van der Waals surface area contributed by atoms with Crippen LogP contribution in [0.1, 0.15) is 32.1 Å². The normalized spacial score (nSPS) is 21.8. The maximum absolute atomic E-state index is 12.4. The Morgan fingerprint density at radius 1 is 1.26 bits per heavy atom. The molecule has 2 fully saturated rings. The molecule has 6 nitrogen and oxygen atoms in total. The molecule has 1 aliphatic heterocycles. The topological polar surface area (TPSA) is 86.7 Å². The van der Waals surface area contributed by atoms with Crippen LogP contribution in [0.25, 0.3) is 0 Å². The molecule has 0 bridgehead atoms. The van der Waals surface area contributed by atoms with Gasteiger partial charge in [0.15, 0.2) is 0 Å². The lowest BCUT2D eigenvalue weighted by Gasteiger charge is -2.33. The number of carbonyl (C=O) groups is 3. The molecule has 0 unspecified atom stereocenters. The number of carboxylic acid groups (broad SMARTS) is 1. The predicted molar refractivity (Wildman–Crippen MR) is 67.3 cm³/mol. The number of carbonyl (C=O) groups excluding carboxylic acids is 2. The molecule has 2 rings (SSSR count). The van der Waals surface area contributed by atoms with Crippen molar-refractivity contribution in [3.05, 3.63) is 0 Å². The van der Waals surface area contributed by atoms with Crippen molar-refractivity contribution in [3.63, 3.8) is 0 Å². The summed E-state index contributed by atoms with van der Waals surface area (Å²) in [5.74, 6) is -0.906. The molecule has 0 radical (unpaired) electrons. The highest BCUT2D eigenvalue weighted by atomic mass is 16.4. The molecule has 6 heteroatoms. The van der Waals surface area contributed by atoms with E-state index in [1.807, 2.05) is 0 Å². The molecule has 2 amide bonds. The number of rotatable bonds is 4. The molecule has 1 saturated carbocycles. The second-order valence-electron chi connectivity index (χ2n) is 5.49. The molecular weight excluding hydrogens is 248 g/mol. The Morgan fingerprint density at radius 3 is 2.26 bits per heavy atom. The molecule has 1 saturated heterocycles. The van der Waals surface area contributed by atoms with Crippen LogP contribution in [-0.4, -0.2) is 47.9 Å². The first-order valence-corrected chi connectivity index (χ1v) is 6.73. The molecule has 19 heavy (non-hydrogen) atoms. The smallest absolute Gasteiger partial charge is 0.303 e. The van der Waals surface area contributed by atoms with Gasteiger partial charge < -0.3 is 15.3 Å². The summed E-state index contributed by atoms with van der Waals surface area (Å²) in [5.41, 5.74) is -0.825. The van der Waals surface area contributed by atoms with E-state index < -0.39 is 11.4 Å². The third-order valence-corrected chi connectivity index (χ3v) is 4.19. The highest BCUT2D eigenvalue weighted by Crippen LogP contribution is 2.47. The maximum atomic E-state index is 12.4. The Balaban J connectivity index is 1.90. The fourth-order valence-electron chi connectivity index (χ4n) is 2.79. The molecule has 106 valence electrons. The van der Waals surface area contributed by atoms with Crippen LogP contribution in [0.4, 0.5) is 0 Å². The van der Waals surface area contributed by atoms with Crippen molar-refractivity contribution in [1.29, 1.82) is 0 Å². The molecule has 0 aromatic heterocycles. The number of carboxylic acids is 1. The molecule has 0 aromatic carbocycles. The molecule has 1 aliphatic carbocycles. The number of nitrogens with one attached hydrogen (secondary N) is 1. The van der Waals surface area contributed by atoms with E-state index in [1.165, 1.54) is 0 Å². The minimum atomic E-state index is -0.825. The summed E-state index contributed by atoms with van der Waals surface area (Å²) in [7, 11) is 1.55. The average molecular weight is 268 g/mol. The number of piperidine rings is 1. The number of nitrogens with zero attached hydrogens (tertiary/aromatic N) is 1. The van der Waals surface area contributed by atoms with Gasteiger partial charge in [-0.25, -0.2) is 0 Å². The first-order valence-electron chi connectivity index (χ1n) is 6.73. The first kappa shape index (κ1) is 13.8. The van der Waals surface area contributed by atoms with E-state index in [1.54, 1.807) is 11.9 Å². The van der Waals surface area contributed by atoms with Gasteiger partial charge in [-0.1, -0.05) is 0 Å². The van der Waals surface area contributed by atoms with E-state index in [2.05, 4.69) is 5.32 Å². The van der Waals surface area contributed by atoms with E-state index in [0.717, 1.165) is 0 Å². The van der Waals surface area contributed by atoms with Crippen molar-refractivity contribution in [3.8, 4) is 0 Å². The van der Waals surface area contributed by atoms with Crippen molar-refractivity contribution in [2.45, 2.75) is 32.1 Å². The second kappa shape index (κ2) is 5.19. The summed E-state index contributed by atoms with van der Waals surface area (Å²) in [6.07, 6.45) is 2.84. The van der Waals surface area contributed by atoms with Crippen molar-refractivity contribution < 1.29 is 19.5 Å². The molecule has 2 N–H and O–H groups in total. The molecular formula is C13H20N2O4. The highest BCUT2D eigenvalue weighted by Gasteiger charge is 2.57. The summed E-state index contributed by atoms with van der Waals surface area (Å²) in [6, 6.07) is 0. The quantitative estimate of drug-likeness (QED) is 0.714. The third kappa shape index (κ3) is 2.72. The summed E-state index contributed by atoms with van der Waals surface area (Å²) in [5, 5.41) is 11.3. The summed E-state index contributed by atoms with van der Waals surface area (Å²) in [6.45, 7) is 1.13. The lowest BCUT2D eigenvalue weighted by Crippen LogP contribution is -2.47. The number of hydrogen-bond acceptors (Lipinski definition) is 3. The van der Waals surface area contributed by atoms with Crippen LogP contribution in [0.15, 0.2) is 0 Å². The van der Waals surface area contributed by atoms with Gasteiger partial charge in [0.25, 0.3) is 0 Å². The Kier molecular flexibility index (Phi) is 3.78. The van der Waals surface area contributed by atoms with E-state index >= 15 is 0 Å².